The first kappa shape index (κ1) is 17.3. The van der Waals surface area contributed by atoms with Crippen molar-refractivity contribution in [2.24, 2.45) is 0 Å². The number of carbonyl (C=O) groups excluding carboxylic acids is 1. The SMILES string of the molecule is O=C1CS[C@@H](c2ccccc2[N+](=O)[O-])N1c1cccc(C(F)(F)F)c1. The van der Waals surface area contributed by atoms with Crippen LogP contribution in [0.4, 0.5) is 24.5 Å². The van der Waals surface area contributed by atoms with Crippen molar-refractivity contribution < 1.29 is 22.9 Å². The van der Waals surface area contributed by atoms with Crippen LogP contribution < -0.4 is 4.90 Å². The molecule has 0 bridgehead atoms. The number of hydrogen-bond donors (Lipinski definition) is 0. The molecule has 0 spiro atoms. The molecule has 25 heavy (non-hydrogen) atoms. The third-order valence-corrected chi connectivity index (χ3v) is 4.91. The van der Waals surface area contributed by atoms with Crippen molar-refractivity contribution in [1.29, 1.82) is 0 Å². The van der Waals surface area contributed by atoms with Crippen molar-refractivity contribution >= 4 is 29.0 Å². The Hall–Kier alpha value is -2.55. The monoisotopic (exact) mass is 368 g/mol. The number of alkyl halides is 3. The average molecular weight is 368 g/mol. The van der Waals surface area contributed by atoms with E-state index in [-0.39, 0.29) is 22.7 Å². The fraction of sp³-hybridized carbons (Fsp3) is 0.188. The number of carbonyl (C=O) groups is 1. The molecule has 0 N–H and O–H groups in total. The number of halogens is 3. The number of para-hydroxylation sites is 1. The summed E-state index contributed by atoms with van der Waals surface area (Å²) in [5, 5.41) is 10.5. The quantitative estimate of drug-likeness (QED) is 0.595. The number of benzene rings is 2. The van der Waals surface area contributed by atoms with E-state index in [0.717, 1.165) is 23.9 Å². The molecule has 0 aromatic heterocycles. The summed E-state index contributed by atoms with van der Waals surface area (Å²) in [5.74, 6) is -0.361. The maximum atomic E-state index is 12.9. The highest BCUT2D eigenvalue weighted by Gasteiger charge is 2.38. The van der Waals surface area contributed by atoms with Crippen LogP contribution >= 0.6 is 11.8 Å². The number of hydrogen-bond acceptors (Lipinski definition) is 4. The summed E-state index contributed by atoms with van der Waals surface area (Å²) in [4.78, 5) is 24.1. The molecular weight excluding hydrogens is 357 g/mol. The minimum Gasteiger partial charge on any atom is -0.295 e. The van der Waals surface area contributed by atoms with E-state index < -0.39 is 27.9 Å². The van der Waals surface area contributed by atoms with Gasteiger partial charge in [0.2, 0.25) is 5.91 Å². The smallest absolute Gasteiger partial charge is 0.295 e. The maximum Gasteiger partial charge on any atom is 0.416 e. The predicted octanol–water partition coefficient (Wildman–Crippen LogP) is 4.39. The highest BCUT2D eigenvalue weighted by atomic mass is 32.2. The first-order chi connectivity index (χ1) is 11.8. The van der Waals surface area contributed by atoms with Crippen LogP contribution in [0.1, 0.15) is 16.5 Å². The zero-order valence-electron chi connectivity index (χ0n) is 12.6. The molecular formula is C16H11F3N2O3S. The highest BCUT2D eigenvalue weighted by Crippen LogP contribution is 2.45. The van der Waals surface area contributed by atoms with Crippen molar-refractivity contribution in [3.05, 3.63) is 69.8 Å². The van der Waals surface area contributed by atoms with Crippen LogP contribution in [0.25, 0.3) is 0 Å². The second-order valence-corrected chi connectivity index (χ2v) is 6.36. The molecule has 0 unspecified atom stereocenters. The fourth-order valence-corrected chi connectivity index (χ4v) is 3.83. The van der Waals surface area contributed by atoms with Gasteiger partial charge in [-0.05, 0) is 24.3 Å². The first-order valence-electron chi connectivity index (χ1n) is 7.13. The van der Waals surface area contributed by atoms with Crippen molar-refractivity contribution in [3.8, 4) is 0 Å². The second-order valence-electron chi connectivity index (χ2n) is 5.29. The van der Waals surface area contributed by atoms with Crippen LogP contribution in [0.3, 0.4) is 0 Å². The zero-order chi connectivity index (χ0) is 18.2. The van der Waals surface area contributed by atoms with Gasteiger partial charge in [-0.15, -0.1) is 11.8 Å². The third-order valence-electron chi connectivity index (χ3n) is 3.72. The summed E-state index contributed by atoms with van der Waals surface area (Å²) >= 11 is 1.14. The highest BCUT2D eigenvalue weighted by molar-refractivity contribution is 8.00. The molecule has 1 aliphatic heterocycles. The van der Waals surface area contributed by atoms with Gasteiger partial charge >= 0.3 is 6.18 Å². The predicted molar refractivity (Wildman–Crippen MR) is 87.2 cm³/mol. The molecule has 0 aliphatic carbocycles. The van der Waals surface area contributed by atoms with Crippen LogP contribution in [0.15, 0.2) is 48.5 Å². The summed E-state index contributed by atoms with van der Waals surface area (Å²) in [6.07, 6.45) is -4.54. The van der Waals surface area contributed by atoms with Gasteiger partial charge in [-0.25, -0.2) is 0 Å². The summed E-state index contributed by atoms with van der Waals surface area (Å²) in [6.45, 7) is 0. The molecule has 1 saturated heterocycles. The summed E-state index contributed by atoms with van der Waals surface area (Å²) in [7, 11) is 0. The first-order valence-corrected chi connectivity index (χ1v) is 8.18. The second kappa shape index (κ2) is 6.40. The third kappa shape index (κ3) is 3.32. The van der Waals surface area contributed by atoms with E-state index in [1.807, 2.05) is 0 Å². The topological polar surface area (TPSA) is 63.4 Å². The van der Waals surface area contributed by atoms with Crippen LogP contribution in [0.5, 0.6) is 0 Å². The number of anilines is 1. The zero-order valence-corrected chi connectivity index (χ0v) is 13.4. The Balaban J connectivity index is 2.06. The van der Waals surface area contributed by atoms with Gasteiger partial charge in [0, 0.05) is 11.8 Å². The molecule has 1 fully saturated rings. The van der Waals surface area contributed by atoms with Crippen molar-refractivity contribution in [2.45, 2.75) is 11.6 Å². The lowest BCUT2D eigenvalue weighted by atomic mass is 10.1. The number of nitro benzene ring substituents is 1. The number of rotatable bonds is 3. The van der Waals surface area contributed by atoms with Gasteiger partial charge in [-0.3, -0.25) is 19.8 Å². The lowest BCUT2D eigenvalue weighted by Gasteiger charge is -2.24. The van der Waals surface area contributed by atoms with Crippen molar-refractivity contribution in [1.82, 2.24) is 0 Å². The van der Waals surface area contributed by atoms with E-state index in [4.69, 9.17) is 0 Å². The van der Waals surface area contributed by atoms with E-state index >= 15 is 0 Å². The van der Waals surface area contributed by atoms with E-state index in [1.54, 1.807) is 6.07 Å². The summed E-state index contributed by atoms with van der Waals surface area (Å²) in [6, 6.07) is 10.3. The normalized spacial score (nSPS) is 17.8. The van der Waals surface area contributed by atoms with Gasteiger partial charge in [0.15, 0.2) is 0 Å². The molecule has 0 saturated carbocycles. The van der Waals surface area contributed by atoms with E-state index in [1.165, 1.54) is 35.2 Å². The van der Waals surface area contributed by atoms with Crippen LogP contribution in [-0.2, 0) is 11.0 Å². The van der Waals surface area contributed by atoms with Gasteiger partial charge < -0.3 is 0 Å². The molecule has 130 valence electrons. The Morgan fingerprint density at radius 3 is 2.56 bits per heavy atom. The molecule has 3 rings (SSSR count). The Morgan fingerprint density at radius 2 is 1.88 bits per heavy atom. The number of nitrogens with zero attached hydrogens (tertiary/aromatic N) is 2. The van der Waals surface area contributed by atoms with Crippen molar-refractivity contribution in [3.63, 3.8) is 0 Å². The van der Waals surface area contributed by atoms with Crippen LogP contribution in [-0.4, -0.2) is 16.6 Å². The van der Waals surface area contributed by atoms with Gasteiger partial charge in [0.05, 0.1) is 21.8 Å². The van der Waals surface area contributed by atoms with Crippen LogP contribution in [0.2, 0.25) is 0 Å². The lowest BCUT2D eigenvalue weighted by Crippen LogP contribution is -2.28. The summed E-state index contributed by atoms with van der Waals surface area (Å²) in [5.41, 5.74) is -0.712. The molecule has 0 radical (unpaired) electrons. The number of thioether (sulfide) groups is 1. The maximum absolute atomic E-state index is 12.9. The Morgan fingerprint density at radius 1 is 1.16 bits per heavy atom. The molecule has 1 atom stereocenters. The molecule has 1 aliphatic rings. The molecule has 1 heterocycles. The van der Waals surface area contributed by atoms with Gasteiger partial charge in [0.1, 0.15) is 5.37 Å². The largest absolute Gasteiger partial charge is 0.416 e. The summed E-state index contributed by atoms with van der Waals surface area (Å²) < 4.78 is 38.8. The average Bonchev–Trinajstić information content (AvgIpc) is 2.95. The molecule has 5 nitrogen and oxygen atoms in total. The molecule has 9 heteroatoms. The van der Waals surface area contributed by atoms with E-state index in [0.29, 0.717) is 0 Å². The number of amides is 1. The van der Waals surface area contributed by atoms with Gasteiger partial charge in [-0.2, -0.15) is 13.2 Å². The standard InChI is InChI=1S/C16H11F3N2O3S/c17-16(18,19)10-4-3-5-11(8-10)20-14(22)9-25-15(20)12-6-1-2-7-13(12)21(23)24/h1-8,15H,9H2/t15-/m0/s1. The van der Waals surface area contributed by atoms with Crippen molar-refractivity contribution in [2.75, 3.05) is 10.7 Å². The van der Waals surface area contributed by atoms with Gasteiger partial charge in [0.25, 0.3) is 5.69 Å². The Kier molecular flexibility index (Phi) is 4.42. The lowest BCUT2D eigenvalue weighted by molar-refractivity contribution is -0.385. The van der Waals surface area contributed by atoms with Gasteiger partial charge in [-0.1, -0.05) is 18.2 Å². The van der Waals surface area contributed by atoms with E-state index in [9.17, 15) is 28.1 Å². The number of nitro groups is 1. The molecule has 2 aromatic rings. The molecule has 1 amide bonds. The van der Waals surface area contributed by atoms with E-state index in [2.05, 4.69) is 0 Å². The Bertz CT molecular complexity index is 841. The molecule has 2 aromatic carbocycles. The minimum atomic E-state index is -4.54. The minimum absolute atomic E-state index is 0.0347. The van der Waals surface area contributed by atoms with Crippen LogP contribution in [0, 0.1) is 10.1 Å². The fourth-order valence-electron chi connectivity index (χ4n) is 2.63. The Labute approximate surface area is 144 Å².